The molecule has 0 saturated heterocycles. The first-order chi connectivity index (χ1) is 6.85. The fourth-order valence-corrected chi connectivity index (χ4v) is 3.71. The summed E-state index contributed by atoms with van der Waals surface area (Å²) in [6, 6.07) is 0. The molecule has 0 radical (unpaired) electrons. The van der Waals surface area contributed by atoms with Crippen LogP contribution in [0.1, 0.15) is 27.7 Å². The van der Waals surface area contributed by atoms with Gasteiger partial charge in [-0.1, -0.05) is 27.7 Å². The van der Waals surface area contributed by atoms with Crippen LogP contribution in [0.4, 0.5) is 0 Å². The summed E-state index contributed by atoms with van der Waals surface area (Å²) in [7, 11) is 1.39. The summed E-state index contributed by atoms with van der Waals surface area (Å²) in [4.78, 5) is 0. The predicted octanol–water partition coefficient (Wildman–Crippen LogP) is 2.46. The number of nitrogens with zero attached hydrogens (tertiary/aromatic N) is 1. The van der Waals surface area contributed by atoms with Gasteiger partial charge in [-0.3, -0.25) is 4.57 Å². The number of hydrogen-bond acceptors (Lipinski definition) is 3. The molecular formula is C11H27NO2Si. The molecule has 0 bridgehead atoms. The van der Waals surface area contributed by atoms with Gasteiger partial charge in [0.15, 0.2) is 0 Å². The van der Waals surface area contributed by atoms with Crippen LogP contribution in [-0.2, 0) is 8.85 Å². The van der Waals surface area contributed by atoms with E-state index < -0.39 is 8.72 Å². The average molecular weight is 233 g/mol. The quantitative estimate of drug-likeness (QED) is 0.631. The van der Waals surface area contributed by atoms with Crippen molar-refractivity contribution >= 4 is 8.72 Å². The second-order valence-corrected chi connectivity index (χ2v) is 8.24. The van der Waals surface area contributed by atoms with Crippen molar-refractivity contribution in [3.8, 4) is 0 Å². The third-order valence-electron chi connectivity index (χ3n) is 2.50. The van der Waals surface area contributed by atoms with Gasteiger partial charge >= 0.3 is 8.72 Å². The van der Waals surface area contributed by atoms with E-state index >= 15 is 0 Å². The van der Waals surface area contributed by atoms with Gasteiger partial charge in [-0.05, 0) is 31.5 Å². The summed E-state index contributed by atoms with van der Waals surface area (Å²) in [5.74, 6) is 1.28. The molecule has 92 valence electrons. The summed E-state index contributed by atoms with van der Waals surface area (Å²) < 4.78 is 13.6. The largest absolute Gasteiger partial charge is 0.424 e. The van der Waals surface area contributed by atoms with Crippen LogP contribution in [0.25, 0.3) is 0 Å². The molecule has 0 spiro atoms. The average Bonchev–Trinajstić information content (AvgIpc) is 2.14. The molecule has 0 atom stereocenters. The Labute approximate surface area is 96.1 Å². The fraction of sp³-hybridized carbons (Fsp3) is 1.00. The minimum atomic E-state index is -2.12. The number of rotatable bonds is 7. The second-order valence-electron chi connectivity index (χ2n) is 5.00. The minimum absolute atomic E-state index is 0.640. The molecule has 0 unspecified atom stereocenters. The van der Waals surface area contributed by atoms with Crippen LogP contribution < -0.4 is 0 Å². The molecule has 0 amide bonds. The van der Waals surface area contributed by atoms with E-state index in [9.17, 15) is 0 Å². The van der Waals surface area contributed by atoms with E-state index in [0.717, 1.165) is 13.1 Å². The molecule has 0 aliphatic heterocycles. The van der Waals surface area contributed by atoms with Gasteiger partial charge in [-0.25, -0.2) is 0 Å². The Hall–Kier alpha value is 0.0969. The van der Waals surface area contributed by atoms with E-state index in [1.54, 1.807) is 14.2 Å². The molecule has 0 aromatic carbocycles. The molecule has 0 heterocycles. The third kappa shape index (κ3) is 5.11. The zero-order valence-corrected chi connectivity index (χ0v) is 12.3. The smallest absolute Gasteiger partial charge is 0.386 e. The maximum Gasteiger partial charge on any atom is 0.424 e. The summed E-state index contributed by atoms with van der Waals surface area (Å²) in [5, 5.41) is 0. The molecule has 0 rings (SSSR count). The molecule has 0 aromatic heterocycles. The maximum atomic E-state index is 5.59. The van der Waals surface area contributed by atoms with E-state index in [1.807, 2.05) is 0 Å². The van der Waals surface area contributed by atoms with Gasteiger partial charge in [0, 0.05) is 14.2 Å². The molecule has 0 aliphatic carbocycles. The molecular weight excluding hydrogens is 206 g/mol. The first-order valence-electron chi connectivity index (χ1n) is 5.71. The van der Waals surface area contributed by atoms with Crippen molar-refractivity contribution in [1.29, 1.82) is 0 Å². The van der Waals surface area contributed by atoms with Crippen molar-refractivity contribution < 1.29 is 8.85 Å². The van der Waals surface area contributed by atoms with Crippen LogP contribution in [0, 0.1) is 11.8 Å². The highest BCUT2D eigenvalue weighted by Gasteiger charge is 2.38. The number of hydrogen-bond donors (Lipinski definition) is 0. The Balaban J connectivity index is 4.58. The predicted molar refractivity (Wildman–Crippen MR) is 66.9 cm³/mol. The highest BCUT2D eigenvalue weighted by molar-refractivity contribution is 6.62. The Bertz CT molecular complexity index is 160. The van der Waals surface area contributed by atoms with Crippen LogP contribution in [0.15, 0.2) is 0 Å². The van der Waals surface area contributed by atoms with E-state index in [0.29, 0.717) is 11.8 Å². The van der Waals surface area contributed by atoms with Crippen molar-refractivity contribution in [3.05, 3.63) is 0 Å². The van der Waals surface area contributed by atoms with Gasteiger partial charge in [0.05, 0.1) is 0 Å². The van der Waals surface area contributed by atoms with Crippen molar-refractivity contribution in [1.82, 2.24) is 4.57 Å². The van der Waals surface area contributed by atoms with Gasteiger partial charge in [-0.2, -0.15) is 0 Å². The molecule has 0 N–H and O–H groups in total. The Morgan fingerprint density at radius 1 is 0.933 bits per heavy atom. The van der Waals surface area contributed by atoms with E-state index in [4.69, 9.17) is 8.85 Å². The van der Waals surface area contributed by atoms with E-state index in [1.165, 1.54) is 0 Å². The van der Waals surface area contributed by atoms with Gasteiger partial charge in [0.25, 0.3) is 0 Å². The Morgan fingerprint density at radius 2 is 1.27 bits per heavy atom. The third-order valence-corrected chi connectivity index (χ3v) is 5.53. The van der Waals surface area contributed by atoms with Gasteiger partial charge in [0.1, 0.15) is 0 Å². The standard InChI is InChI=1S/C11H27NO2Si/c1-10(2)8-12(9-11(3)4)15(7,13-5)14-6/h10-11H,8-9H2,1-7H3. The lowest BCUT2D eigenvalue weighted by Gasteiger charge is -2.37. The SMILES string of the molecule is CO[Si](C)(OC)N(CC(C)C)CC(C)C. The lowest BCUT2D eigenvalue weighted by Crippen LogP contribution is -2.57. The van der Waals surface area contributed by atoms with Crippen LogP contribution in [0.3, 0.4) is 0 Å². The highest BCUT2D eigenvalue weighted by Crippen LogP contribution is 2.16. The molecule has 0 aromatic rings. The Morgan fingerprint density at radius 3 is 1.47 bits per heavy atom. The first-order valence-corrected chi connectivity index (χ1v) is 7.97. The summed E-state index contributed by atoms with van der Waals surface area (Å²) >= 11 is 0. The lowest BCUT2D eigenvalue weighted by molar-refractivity contribution is 0.152. The van der Waals surface area contributed by atoms with Crippen LogP contribution in [-0.4, -0.2) is 40.6 Å². The summed E-state index contributed by atoms with van der Waals surface area (Å²) in [5.41, 5.74) is 0. The van der Waals surface area contributed by atoms with Crippen molar-refractivity contribution in [2.24, 2.45) is 11.8 Å². The monoisotopic (exact) mass is 233 g/mol. The van der Waals surface area contributed by atoms with E-state index in [2.05, 4.69) is 38.8 Å². The molecule has 4 heteroatoms. The van der Waals surface area contributed by atoms with Crippen LogP contribution in [0.2, 0.25) is 6.55 Å². The topological polar surface area (TPSA) is 21.7 Å². The summed E-state index contributed by atoms with van der Waals surface area (Å²) in [6.07, 6.45) is 0. The minimum Gasteiger partial charge on any atom is -0.386 e. The van der Waals surface area contributed by atoms with Gasteiger partial charge in [0.2, 0.25) is 0 Å². The normalized spacial score (nSPS) is 13.2. The fourth-order valence-electron chi connectivity index (χ4n) is 1.63. The van der Waals surface area contributed by atoms with Crippen LogP contribution >= 0.6 is 0 Å². The summed E-state index contributed by atoms with van der Waals surface area (Å²) in [6.45, 7) is 13.1. The molecule has 15 heavy (non-hydrogen) atoms. The molecule has 0 fully saturated rings. The van der Waals surface area contributed by atoms with Gasteiger partial charge < -0.3 is 8.85 Å². The second kappa shape index (κ2) is 6.63. The van der Waals surface area contributed by atoms with Crippen molar-refractivity contribution in [3.63, 3.8) is 0 Å². The Kier molecular flexibility index (Phi) is 6.67. The van der Waals surface area contributed by atoms with Crippen molar-refractivity contribution in [2.45, 2.75) is 34.2 Å². The highest BCUT2D eigenvalue weighted by atomic mass is 28.4. The van der Waals surface area contributed by atoms with Crippen LogP contribution in [0.5, 0.6) is 0 Å². The molecule has 0 aliphatic rings. The molecule has 0 saturated carbocycles. The first kappa shape index (κ1) is 15.1. The lowest BCUT2D eigenvalue weighted by atomic mass is 10.2. The zero-order valence-electron chi connectivity index (χ0n) is 11.3. The van der Waals surface area contributed by atoms with Gasteiger partial charge in [-0.15, -0.1) is 0 Å². The van der Waals surface area contributed by atoms with Crippen molar-refractivity contribution in [2.75, 3.05) is 27.3 Å². The maximum absolute atomic E-state index is 5.59. The molecule has 3 nitrogen and oxygen atoms in total. The zero-order chi connectivity index (χ0) is 12.1. The van der Waals surface area contributed by atoms with E-state index in [-0.39, 0.29) is 0 Å².